The van der Waals surface area contributed by atoms with Gasteiger partial charge >= 0.3 is 0 Å². The molecule has 0 aliphatic rings. The molecule has 11 heteroatoms. The maximum absolute atomic E-state index is 13.2. The smallest absolute Gasteiger partial charge is 0.260 e. The molecule has 0 spiro atoms. The molecule has 3 N–H and O–H groups in total. The number of hydrogen-bond acceptors (Lipinski definition) is 9. The van der Waals surface area contributed by atoms with E-state index in [0.717, 1.165) is 11.1 Å². The Morgan fingerprint density at radius 1 is 1.17 bits per heavy atom. The largest absolute Gasteiger partial charge is 0.368 e. The van der Waals surface area contributed by atoms with Gasteiger partial charge in [0.25, 0.3) is 5.56 Å². The van der Waals surface area contributed by atoms with E-state index < -0.39 is 0 Å². The molecule has 3 heterocycles. The van der Waals surface area contributed by atoms with Gasteiger partial charge in [-0.2, -0.15) is 15.0 Å². The summed E-state index contributed by atoms with van der Waals surface area (Å²) in [6.07, 6.45) is 0. The lowest BCUT2D eigenvalue weighted by atomic mass is 10.1. The maximum atomic E-state index is 13.2. The fraction of sp³-hybridized carbons (Fsp3) is 0.211. The van der Waals surface area contributed by atoms with Gasteiger partial charge < -0.3 is 15.6 Å². The van der Waals surface area contributed by atoms with Gasteiger partial charge in [-0.25, -0.2) is 9.37 Å². The number of nitrogens with zero attached hydrogens (tertiary/aromatic N) is 5. The predicted molar refractivity (Wildman–Crippen MR) is 118 cm³/mol. The molecule has 30 heavy (non-hydrogen) atoms. The second kappa shape index (κ2) is 8.00. The Hall–Kier alpha value is -3.05. The van der Waals surface area contributed by atoms with Crippen molar-refractivity contribution in [3.63, 3.8) is 0 Å². The van der Waals surface area contributed by atoms with Crippen LogP contribution in [-0.4, -0.2) is 39.0 Å². The number of aromatic amines is 1. The number of rotatable bonds is 5. The average Bonchev–Trinajstić information content (AvgIpc) is 3.12. The maximum Gasteiger partial charge on any atom is 0.260 e. The Morgan fingerprint density at radius 2 is 1.90 bits per heavy atom. The SMILES string of the molecule is C[C@H](Sc1nc2scc(-c3ccc(F)cc3)c2c(=O)[nH]1)c1nc(N)nc(N(C)C)n1. The molecule has 0 amide bonds. The van der Waals surface area contributed by atoms with Crippen LogP contribution in [0.3, 0.4) is 0 Å². The van der Waals surface area contributed by atoms with Gasteiger partial charge in [-0.1, -0.05) is 23.9 Å². The molecule has 4 rings (SSSR count). The van der Waals surface area contributed by atoms with Crippen molar-refractivity contribution in [3.8, 4) is 11.1 Å². The fourth-order valence-corrected chi connectivity index (χ4v) is 4.67. The van der Waals surface area contributed by atoms with Crippen molar-refractivity contribution in [1.82, 2.24) is 24.9 Å². The summed E-state index contributed by atoms with van der Waals surface area (Å²) in [5.41, 5.74) is 7.05. The third-order valence-electron chi connectivity index (χ3n) is 4.29. The number of thiophene rings is 1. The van der Waals surface area contributed by atoms with Gasteiger partial charge in [0.2, 0.25) is 11.9 Å². The Balaban J connectivity index is 1.66. The number of thioether (sulfide) groups is 1. The quantitative estimate of drug-likeness (QED) is 0.356. The van der Waals surface area contributed by atoms with Crippen molar-refractivity contribution in [2.75, 3.05) is 24.7 Å². The zero-order chi connectivity index (χ0) is 21.4. The average molecular weight is 444 g/mol. The zero-order valence-corrected chi connectivity index (χ0v) is 18.0. The van der Waals surface area contributed by atoms with Gasteiger partial charge in [0, 0.05) is 25.0 Å². The van der Waals surface area contributed by atoms with Gasteiger partial charge in [-0.3, -0.25) is 4.79 Å². The van der Waals surface area contributed by atoms with E-state index in [4.69, 9.17) is 5.73 Å². The van der Waals surface area contributed by atoms with Crippen LogP contribution in [0, 0.1) is 5.82 Å². The normalized spacial score (nSPS) is 12.3. The number of halogens is 1. The molecular weight excluding hydrogens is 425 g/mol. The van der Waals surface area contributed by atoms with Crippen molar-refractivity contribution in [2.45, 2.75) is 17.3 Å². The summed E-state index contributed by atoms with van der Waals surface area (Å²) in [6.45, 7) is 1.90. The van der Waals surface area contributed by atoms with Crippen molar-refractivity contribution in [2.24, 2.45) is 0 Å². The third kappa shape index (κ3) is 3.98. The van der Waals surface area contributed by atoms with Crippen LogP contribution in [0.4, 0.5) is 16.3 Å². The van der Waals surface area contributed by atoms with E-state index in [1.165, 1.54) is 35.2 Å². The number of nitrogens with one attached hydrogen (secondary N) is 1. The lowest BCUT2D eigenvalue weighted by Crippen LogP contribution is -2.16. The Morgan fingerprint density at radius 3 is 2.60 bits per heavy atom. The summed E-state index contributed by atoms with van der Waals surface area (Å²) < 4.78 is 13.2. The van der Waals surface area contributed by atoms with Gasteiger partial charge in [-0.15, -0.1) is 11.3 Å². The van der Waals surface area contributed by atoms with Crippen LogP contribution < -0.4 is 16.2 Å². The van der Waals surface area contributed by atoms with Crippen LogP contribution in [0.2, 0.25) is 0 Å². The summed E-state index contributed by atoms with van der Waals surface area (Å²) in [4.78, 5) is 35.3. The molecule has 0 saturated heterocycles. The van der Waals surface area contributed by atoms with Crippen LogP contribution >= 0.6 is 23.1 Å². The molecule has 0 saturated carbocycles. The van der Waals surface area contributed by atoms with Gasteiger partial charge in [0.15, 0.2) is 5.16 Å². The minimum absolute atomic E-state index is 0.134. The molecule has 154 valence electrons. The van der Waals surface area contributed by atoms with Gasteiger partial charge in [0.1, 0.15) is 16.5 Å². The molecule has 0 radical (unpaired) electrons. The summed E-state index contributed by atoms with van der Waals surface area (Å²) in [6, 6.07) is 6.03. The molecule has 0 fully saturated rings. The predicted octanol–water partition coefficient (Wildman–Crippen LogP) is 3.48. The first-order chi connectivity index (χ1) is 14.3. The second-order valence-corrected chi connectivity index (χ2v) is 8.90. The van der Waals surface area contributed by atoms with Crippen molar-refractivity contribution in [1.29, 1.82) is 0 Å². The van der Waals surface area contributed by atoms with E-state index in [-0.39, 0.29) is 22.6 Å². The highest BCUT2D eigenvalue weighted by atomic mass is 32.2. The molecule has 0 unspecified atom stereocenters. The van der Waals surface area contributed by atoms with Crippen LogP contribution in [-0.2, 0) is 0 Å². The van der Waals surface area contributed by atoms with E-state index in [9.17, 15) is 9.18 Å². The highest BCUT2D eigenvalue weighted by Crippen LogP contribution is 2.35. The standard InChI is InChI=1S/C19H18FN7OS2/c1-9(14-22-17(21)26-18(23-14)27(2)3)30-19-24-15(28)13-12(8-29-16(13)25-19)10-4-6-11(20)7-5-10/h4-9H,1-3H3,(H,24,25,28)(H2,21,22,23,26)/t9-/m0/s1. The summed E-state index contributed by atoms with van der Waals surface area (Å²) in [7, 11) is 3.64. The molecule has 4 aromatic rings. The molecule has 1 atom stereocenters. The molecule has 3 aromatic heterocycles. The van der Waals surface area contributed by atoms with E-state index in [2.05, 4.69) is 24.9 Å². The number of benzene rings is 1. The number of anilines is 2. The second-order valence-electron chi connectivity index (χ2n) is 6.71. The van der Waals surface area contributed by atoms with Crippen LogP contribution in [0.1, 0.15) is 18.0 Å². The minimum Gasteiger partial charge on any atom is -0.368 e. The van der Waals surface area contributed by atoms with E-state index in [1.54, 1.807) is 17.0 Å². The third-order valence-corrected chi connectivity index (χ3v) is 6.14. The van der Waals surface area contributed by atoms with Crippen LogP contribution in [0.15, 0.2) is 39.6 Å². The summed E-state index contributed by atoms with van der Waals surface area (Å²) in [5, 5.41) is 2.58. The first kappa shape index (κ1) is 20.2. The minimum atomic E-state index is -0.325. The lowest BCUT2D eigenvalue weighted by molar-refractivity contribution is 0.628. The first-order valence-electron chi connectivity index (χ1n) is 8.94. The Labute approximate surface area is 179 Å². The molecule has 0 bridgehead atoms. The van der Waals surface area contributed by atoms with E-state index in [1.807, 2.05) is 26.4 Å². The lowest BCUT2D eigenvalue weighted by Gasteiger charge is -2.14. The number of aromatic nitrogens is 5. The van der Waals surface area contributed by atoms with E-state index in [0.29, 0.717) is 27.1 Å². The molecule has 0 aliphatic heterocycles. The van der Waals surface area contributed by atoms with E-state index >= 15 is 0 Å². The Bertz CT molecular complexity index is 1270. The molecule has 0 aliphatic carbocycles. The number of fused-ring (bicyclic) bond motifs is 1. The summed E-state index contributed by atoms with van der Waals surface area (Å²) >= 11 is 2.69. The van der Waals surface area contributed by atoms with Crippen LogP contribution in [0.5, 0.6) is 0 Å². The highest BCUT2D eigenvalue weighted by Gasteiger charge is 2.18. The molecule has 1 aromatic carbocycles. The molecular formula is C19H18FN7OS2. The van der Waals surface area contributed by atoms with Crippen LogP contribution in [0.25, 0.3) is 21.3 Å². The topological polar surface area (TPSA) is 114 Å². The van der Waals surface area contributed by atoms with Gasteiger partial charge in [-0.05, 0) is 24.6 Å². The fourth-order valence-electron chi connectivity index (χ4n) is 2.83. The number of nitrogen functional groups attached to an aromatic ring is 1. The number of H-pyrrole nitrogens is 1. The highest BCUT2D eigenvalue weighted by molar-refractivity contribution is 7.99. The Kier molecular flexibility index (Phi) is 5.39. The van der Waals surface area contributed by atoms with Crippen molar-refractivity contribution in [3.05, 3.63) is 51.6 Å². The van der Waals surface area contributed by atoms with Gasteiger partial charge in [0.05, 0.1) is 10.6 Å². The number of hydrogen-bond donors (Lipinski definition) is 2. The number of nitrogens with two attached hydrogens (primary N) is 1. The first-order valence-corrected chi connectivity index (χ1v) is 10.7. The summed E-state index contributed by atoms with van der Waals surface area (Å²) in [5.74, 6) is 0.769. The van der Waals surface area contributed by atoms with Crippen molar-refractivity contribution < 1.29 is 4.39 Å². The molecule has 8 nitrogen and oxygen atoms in total. The monoisotopic (exact) mass is 443 g/mol. The zero-order valence-electron chi connectivity index (χ0n) is 16.4. The van der Waals surface area contributed by atoms with Crippen molar-refractivity contribution >= 4 is 45.2 Å².